The lowest BCUT2D eigenvalue weighted by Gasteiger charge is -2.16. The number of likely N-dealkylation sites (N-methyl/N-ethyl adjacent to an activating group) is 1. The molecule has 0 atom stereocenters. The first-order valence-corrected chi connectivity index (χ1v) is 10.4. The number of nitrogen functional groups attached to an aromatic ring is 1. The summed E-state index contributed by atoms with van der Waals surface area (Å²) in [7, 11) is 3.67. The third-order valence-electron chi connectivity index (χ3n) is 4.96. The number of hydrogen-bond acceptors (Lipinski definition) is 7. The number of benzene rings is 1. The van der Waals surface area contributed by atoms with Gasteiger partial charge in [-0.1, -0.05) is 24.3 Å². The molecule has 3 N–H and O–H groups in total. The largest absolute Gasteiger partial charge is 0.463 e. The van der Waals surface area contributed by atoms with Gasteiger partial charge in [-0.3, -0.25) is 9.47 Å². The standard InChI is InChI=1S/C21H27F3N6O3/c1-29(9-11-32-2)12-14-4-6-15(7-5-14)13-30-18-16(26-20(30)31)17(25)27-19(28-18)33-10-3-8-21(22,23)24/h4-7H,3,8-13H2,1-2H3,(H,26,31)(H2,25,27,28). The van der Waals surface area contributed by atoms with Gasteiger partial charge in [-0.15, -0.1) is 0 Å². The fourth-order valence-corrected chi connectivity index (χ4v) is 3.25. The smallest absolute Gasteiger partial charge is 0.389 e. The Morgan fingerprint density at radius 1 is 1.15 bits per heavy atom. The first kappa shape index (κ1) is 24.5. The number of nitrogens with zero attached hydrogens (tertiary/aromatic N) is 4. The van der Waals surface area contributed by atoms with E-state index in [0.29, 0.717) is 6.61 Å². The van der Waals surface area contributed by atoms with E-state index < -0.39 is 18.3 Å². The fourth-order valence-electron chi connectivity index (χ4n) is 3.25. The van der Waals surface area contributed by atoms with Gasteiger partial charge in [0.1, 0.15) is 5.52 Å². The van der Waals surface area contributed by atoms with Crippen molar-refractivity contribution in [2.24, 2.45) is 0 Å². The van der Waals surface area contributed by atoms with Gasteiger partial charge < -0.3 is 20.2 Å². The van der Waals surface area contributed by atoms with Crippen LogP contribution in [-0.2, 0) is 17.8 Å². The lowest BCUT2D eigenvalue weighted by Crippen LogP contribution is -2.22. The molecular formula is C21H27F3N6O3. The zero-order chi connectivity index (χ0) is 24.0. The molecule has 0 unspecified atom stereocenters. The molecule has 2 aromatic heterocycles. The van der Waals surface area contributed by atoms with Crippen molar-refractivity contribution in [2.75, 3.05) is 39.6 Å². The van der Waals surface area contributed by atoms with Crippen LogP contribution in [-0.4, -0.2) is 64.5 Å². The minimum Gasteiger partial charge on any atom is -0.463 e. The average molecular weight is 468 g/mol. The maximum Gasteiger partial charge on any atom is 0.389 e. The molecule has 9 nitrogen and oxygen atoms in total. The number of nitrogens with one attached hydrogen (secondary N) is 1. The fraction of sp³-hybridized carbons (Fsp3) is 0.476. The third kappa shape index (κ3) is 6.93. The maximum atomic E-state index is 12.5. The number of hydrogen-bond donors (Lipinski definition) is 2. The number of fused-ring (bicyclic) bond motifs is 1. The number of ether oxygens (including phenoxy) is 2. The Morgan fingerprint density at radius 2 is 1.85 bits per heavy atom. The molecule has 0 spiro atoms. The summed E-state index contributed by atoms with van der Waals surface area (Å²) >= 11 is 0. The summed E-state index contributed by atoms with van der Waals surface area (Å²) in [5.41, 5.74) is 7.93. The van der Waals surface area contributed by atoms with Crippen LogP contribution in [0.5, 0.6) is 6.01 Å². The monoisotopic (exact) mass is 468 g/mol. The molecule has 0 radical (unpaired) electrons. The van der Waals surface area contributed by atoms with Crippen LogP contribution in [0.15, 0.2) is 29.1 Å². The number of aromatic amines is 1. The van der Waals surface area contributed by atoms with Crippen molar-refractivity contribution in [3.8, 4) is 6.01 Å². The summed E-state index contributed by atoms with van der Waals surface area (Å²) in [4.78, 5) is 25.4. The van der Waals surface area contributed by atoms with Crippen molar-refractivity contribution in [1.82, 2.24) is 24.4 Å². The Labute approximate surface area is 188 Å². The topological polar surface area (TPSA) is 111 Å². The molecule has 0 amide bonds. The van der Waals surface area contributed by atoms with Gasteiger partial charge in [0.05, 0.1) is 19.8 Å². The summed E-state index contributed by atoms with van der Waals surface area (Å²) in [6.45, 7) is 2.22. The lowest BCUT2D eigenvalue weighted by molar-refractivity contribution is -0.136. The number of rotatable bonds is 11. The number of methoxy groups -OCH3 is 1. The highest BCUT2D eigenvalue weighted by Crippen LogP contribution is 2.22. The number of halogens is 3. The molecule has 1 aromatic carbocycles. The van der Waals surface area contributed by atoms with Crippen molar-refractivity contribution in [1.29, 1.82) is 0 Å². The van der Waals surface area contributed by atoms with Crippen LogP contribution in [0.1, 0.15) is 24.0 Å². The zero-order valence-electron chi connectivity index (χ0n) is 18.5. The molecule has 3 aromatic rings. The highest BCUT2D eigenvalue weighted by molar-refractivity contribution is 5.81. The molecule has 180 valence electrons. The Morgan fingerprint density at radius 3 is 2.52 bits per heavy atom. The van der Waals surface area contributed by atoms with Crippen LogP contribution in [0.2, 0.25) is 0 Å². The average Bonchev–Trinajstić information content (AvgIpc) is 3.06. The Balaban J connectivity index is 1.72. The molecule has 3 rings (SSSR count). The summed E-state index contributed by atoms with van der Waals surface area (Å²) in [5, 5.41) is 0. The van der Waals surface area contributed by atoms with E-state index in [4.69, 9.17) is 15.2 Å². The van der Waals surface area contributed by atoms with E-state index in [2.05, 4.69) is 19.9 Å². The van der Waals surface area contributed by atoms with Crippen molar-refractivity contribution < 1.29 is 22.6 Å². The summed E-state index contributed by atoms with van der Waals surface area (Å²) in [6.07, 6.45) is -5.47. The highest BCUT2D eigenvalue weighted by Gasteiger charge is 2.26. The van der Waals surface area contributed by atoms with Crippen LogP contribution < -0.4 is 16.2 Å². The Hall–Kier alpha value is -3.12. The van der Waals surface area contributed by atoms with Crippen LogP contribution >= 0.6 is 0 Å². The molecule has 33 heavy (non-hydrogen) atoms. The predicted octanol–water partition coefficient (Wildman–Crippen LogP) is 2.55. The third-order valence-corrected chi connectivity index (χ3v) is 4.96. The van der Waals surface area contributed by atoms with Crippen LogP contribution in [0.4, 0.5) is 19.0 Å². The second-order valence-corrected chi connectivity index (χ2v) is 7.72. The van der Waals surface area contributed by atoms with Crippen LogP contribution in [0.3, 0.4) is 0 Å². The number of alkyl halides is 3. The molecule has 12 heteroatoms. The SMILES string of the molecule is COCCN(C)Cc1ccc(Cn2c(=O)[nH]c3c(N)nc(OCCCC(F)(F)F)nc32)cc1. The lowest BCUT2D eigenvalue weighted by atomic mass is 10.1. The molecule has 2 heterocycles. The Kier molecular flexibility index (Phi) is 7.92. The predicted molar refractivity (Wildman–Crippen MR) is 117 cm³/mol. The van der Waals surface area contributed by atoms with Crippen molar-refractivity contribution in [2.45, 2.75) is 32.1 Å². The van der Waals surface area contributed by atoms with Crippen LogP contribution in [0.25, 0.3) is 11.2 Å². The minimum absolute atomic E-state index is 0.0175. The molecule has 0 bridgehead atoms. The van der Waals surface area contributed by atoms with Gasteiger partial charge >= 0.3 is 17.9 Å². The summed E-state index contributed by atoms with van der Waals surface area (Å²) in [6, 6.07) is 7.63. The number of aromatic nitrogens is 4. The van der Waals surface area contributed by atoms with Crippen molar-refractivity contribution in [3.05, 3.63) is 45.9 Å². The molecule has 0 saturated heterocycles. The molecule has 0 aliphatic rings. The van der Waals surface area contributed by atoms with E-state index in [0.717, 1.165) is 24.2 Å². The molecule has 0 aliphatic heterocycles. The number of imidazole rings is 1. The first-order chi connectivity index (χ1) is 15.7. The Bertz CT molecular complexity index is 1110. The molecule has 0 aliphatic carbocycles. The van der Waals surface area contributed by atoms with Gasteiger partial charge in [0.15, 0.2) is 11.5 Å². The summed E-state index contributed by atoms with van der Waals surface area (Å²) in [5.74, 6) is -0.0175. The van der Waals surface area contributed by atoms with Crippen LogP contribution in [0, 0.1) is 0 Å². The zero-order valence-corrected chi connectivity index (χ0v) is 18.5. The quantitative estimate of drug-likeness (QED) is 0.416. The van der Waals surface area contributed by atoms with Crippen molar-refractivity contribution in [3.63, 3.8) is 0 Å². The second kappa shape index (κ2) is 10.7. The number of nitrogens with two attached hydrogens (primary N) is 1. The van der Waals surface area contributed by atoms with Gasteiger partial charge in [-0.2, -0.15) is 23.1 Å². The van der Waals surface area contributed by atoms with Gasteiger partial charge in [0, 0.05) is 26.6 Å². The highest BCUT2D eigenvalue weighted by atomic mass is 19.4. The number of anilines is 1. The van der Waals surface area contributed by atoms with E-state index >= 15 is 0 Å². The molecular weight excluding hydrogens is 441 g/mol. The number of H-pyrrole nitrogens is 1. The van der Waals surface area contributed by atoms with E-state index in [-0.39, 0.29) is 42.6 Å². The second-order valence-electron chi connectivity index (χ2n) is 7.72. The van der Waals surface area contributed by atoms with E-state index in [9.17, 15) is 18.0 Å². The molecule has 0 saturated carbocycles. The molecule has 0 fully saturated rings. The maximum absolute atomic E-state index is 12.5. The van der Waals surface area contributed by atoms with Gasteiger partial charge in [0.25, 0.3) is 0 Å². The van der Waals surface area contributed by atoms with Gasteiger partial charge in [0.2, 0.25) is 0 Å². The summed E-state index contributed by atoms with van der Waals surface area (Å²) < 4.78 is 48.6. The van der Waals surface area contributed by atoms with Gasteiger partial charge in [-0.25, -0.2) is 4.79 Å². The first-order valence-electron chi connectivity index (χ1n) is 10.4. The van der Waals surface area contributed by atoms with Gasteiger partial charge in [-0.05, 0) is 24.6 Å². The van der Waals surface area contributed by atoms with E-state index in [1.54, 1.807) is 7.11 Å². The van der Waals surface area contributed by atoms with E-state index in [1.807, 2.05) is 31.3 Å². The minimum atomic E-state index is -4.26. The normalized spacial score (nSPS) is 12.1. The van der Waals surface area contributed by atoms with E-state index in [1.165, 1.54) is 4.57 Å². The van der Waals surface area contributed by atoms with Crippen molar-refractivity contribution >= 4 is 17.0 Å².